The molecule has 1 aromatic carbocycles. The Bertz CT molecular complexity index is 322. The summed E-state index contributed by atoms with van der Waals surface area (Å²) in [7, 11) is 0. The van der Waals surface area contributed by atoms with Crippen molar-refractivity contribution in [1.82, 2.24) is 5.32 Å². The van der Waals surface area contributed by atoms with Crippen LogP contribution in [0.3, 0.4) is 0 Å². The number of alkyl halides is 3. The molecule has 0 unspecified atom stereocenters. The van der Waals surface area contributed by atoms with E-state index in [1.807, 2.05) is 0 Å². The lowest BCUT2D eigenvalue weighted by Crippen LogP contribution is -2.15. The Hall–Kier alpha value is -1.10. The second kappa shape index (κ2) is 4.41. The molecule has 0 saturated heterocycles. The van der Waals surface area contributed by atoms with Gasteiger partial charge in [-0.05, 0) is 11.6 Å². The second-order valence-corrected chi connectivity index (χ2v) is 2.89. The first-order chi connectivity index (χ1) is 6.55. The Balaban J connectivity index is 2.97. The summed E-state index contributed by atoms with van der Waals surface area (Å²) in [5, 5.41) is 2.57. The average Bonchev–Trinajstić information content (AvgIpc) is 2.14. The molecule has 0 aliphatic rings. The minimum Gasteiger partial charge on any atom is -0.378 e. The third-order valence-corrected chi connectivity index (χ3v) is 1.87. The highest BCUT2D eigenvalue weighted by Gasteiger charge is 2.32. The molecule has 76 valence electrons. The molecule has 0 heterocycles. The first-order valence-corrected chi connectivity index (χ1v) is 4.35. The van der Waals surface area contributed by atoms with Crippen molar-refractivity contribution in [2.75, 3.05) is 0 Å². The number of hydrogen-bond acceptors (Lipinski definition) is 1. The van der Waals surface area contributed by atoms with Gasteiger partial charge in [-0.3, -0.25) is 0 Å². The molecule has 0 aliphatic carbocycles. The predicted octanol–water partition coefficient (Wildman–Crippen LogP) is 2.75. The standard InChI is InChI=1S/C9H8F3NS/c10-9(11,12)8-4-2-1-3-7(8)5-13-6-14/h1-4,6H,5H2,(H,13,14). The van der Waals surface area contributed by atoms with Crippen LogP contribution in [-0.2, 0) is 12.7 Å². The molecule has 0 aliphatic heterocycles. The molecular formula is C9H8F3NS. The Morgan fingerprint density at radius 1 is 1.29 bits per heavy atom. The lowest BCUT2D eigenvalue weighted by molar-refractivity contribution is -0.138. The van der Waals surface area contributed by atoms with E-state index in [9.17, 15) is 13.2 Å². The third-order valence-electron chi connectivity index (χ3n) is 1.70. The van der Waals surface area contributed by atoms with Crippen LogP contribution in [-0.4, -0.2) is 5.49 Å². The van der Waals surface area contributed by atoms with Crippen LogP contribution in [0.15, 0.2) is 24.3 Å². The first-order valence-electron chi connectivity index (χ1n) is 3.88. The van der Waals surface area contributed by atoms with Crippen molar-refractivity contribution in [2.45, 2.75) is 12.7 Å². The highest BCUT2D eigenvalue weighted by Crippen LogP contribution is 2.31. The van der Waals surface area contributed by atoms with Gasteiger partial charge < -0.3 is 5.32 Å². The van der Waals surface area contributed by atoms with Crippen molar-refractivity contribution in [1.29, 1.82) is 0 Å². The van der Waals surface area contributed by atoms with E-state index in [-0.39, 0.29) is 12.1 Å². The maximum Gasteiger partial charge on any atom is 0.416 e. The van der Waals surface area contributed by atoms with E-state index in [2.05, 4.69) is 17.5 Å². The number of thiocarbonyl (C=S) groups is 1. The van der Waals surface area contributed by atoms with Gasteiger partial charge >= 0.3 is 6.18 Å². The summed E-state index contributed by atoms with van der Waals surface area (Å²) in [6.07, 6.45) is -4.31. The van der Waals surface area contributed by atoms with Crippen molar-refractivity contribution in [3.05, 3.63) is 35.4 Å². The summed E-state index contributed by atoms with van der Waals surface area (Å²) in [6, 6.07) is 5.41. The van der Waals surface area contributed by atoms with Gasteiger partial charge in [0.25, 0.3) is 0 Å². The molecular weight excluding hydrogens is 211 g/mol. The van der Waals surface area contributed by atoms with Crippen molar-refractivity contribution in [2.24, 2.45) is 0 Å². The number of nitrogens with one attached hydrogen (secondary N) is 1. The summed E-state index contributed by atoms with van der Waals surface area (Å²) in [5.74, 6) is 0. The maximum atomic E-state index is 12.4. The summed E-state index contributed by atoms with van der Waals surface area (Å²) < 4.78 is 37.2. The summed E-state index contributed by atoms with van der Waals surface area (Å²) >= 11 is 4.47. The van der Waals surface area contributed by atoms with Gasteiger partial charge in [-0.2, -0.15) is 13.2 Å². The van der Waals surface area contributed by atoms with Crippen LogP contribution in [0.2, 0.25) is 0 Å². The van der Waals surface area contributed by atoms with E-state index in [1.165, 1.54) is 17.6 Å². The normalized spacial score (nSPS) is 11.1. The summed E-state index contributed by atoms with van der Waals surface area (Å²) in [6.45, 7) is 0.0964. The fourth-order valence-electron chi connectivity index (χ4n) is 1.10. The van der Waals surface area contributed by atoms with Crippen LogP contribution in [0.1, 0.15) is 11.1 Å². The van der Waals surface area contributed by atoms with E-state index < -0.39 is 11.7 Å². The zero-order valence-corrected chi connectivity index (χ0v) is 7.95. The van der Waals surface area contributed by atoms with Crippen LogP contribution in [0.25, 0.3) is 0 Å². The molecule has 0 radical (unpaired) electrons. The highest BCUT2D eigenvalue weighted by atomic mass is 32.1. The fraction of sp³-hybridized carbons (Fsp3) is 0.222. The van der Waals surface area contributed by atoms with Crippen LogP contribution in [0.5, 0.6) is 0 Å². The van der Waals surface area contributed by atoms with E-state index in [0.29, 0.717) is 0 Å². The monoisotopic (exact) mass is 219 g/mol. The zero-order valence-electron chi connectivity index (χ0n) is 7.14. The largest absolute Gasteiger partial charge is 0.416 e. The Kier molecular flexibility index (Phi) is 3.46. The third kappa shape index (κ3) is 2.70. The second-order valence-electron chi connectivity index (χ2n) is 2.65. The van der Waals surface area contributed by atoms with E-state index in [0.717, 1.165) is 6.07 Å². The molecule has 1 nitrogen and oxygen atoms in total. The van der Waals surface area contributed by atoms with Gasteiger partial charge in [-0.25, -0.2) is 0 Å². The van der Waals surface area contributed by atoms with E-state index in [4.69, 9.17) is 0 Å². The highest BCUT2D eigenvalue weighted by molar-refractivity contribution is 7.78. The van der Waals surface area contributed by atoms with Gasteiger partial charge in [0.1, 0.15) is 0 Å². The lowest BCUT2D eigenvalue weighted by Gasteiger charge is -2.11. The zero-order chi connectivity index (χ0) is 10.6. The van der Waals surface area contributed by atoms with Gasteiger partial charge in [-0.15, -0.1) is 0 Å². The molecule has 0 aromatic heterocycles. The number of halogens is 3. The fourth-order valence-corrected chi connectivity index (χ4v) is 1.19. The predicted molar refractivity (Wildman–Crippen MR) is 51.9 cm³/mol. The molecule has 0 amide bonds. The molecule has 0 saturated carbocycles. The molecule has 0 fully saturated rings. The van der Waals surface area contributed by atoms with Crippen LogP contribution < -0.4 is 5.32 Å². The molecule has 0 atom stereocenters. The average molecular weight is 219 g/mol. The van der Waals surface area contributed by atoms with Crippen molar-refractivity contribution < 1.29 is 13.2 Å². The SMILES string of the molecule is FC(F)(F)c1ccccc1CNC=S. The molecule has 0 spiro atoms. The van der Waals surface area contributed by atoms with Crippen molar-refractivity contribution in [3.8, 4) is 0 Å². The van der Waals surface area contributed by atoms with E-state index >= 15 is 0 Å². The van der Waals surface area contributed by atoms with Crippen molar-refractivity contribution in [3.63, 3.8) is 0 Å². The quantitative estimate of drug-likeness (QED) is 0.784. The van der Waals surface area contributed by atoms with Gasteiger partial charge in [-0.1, -0.05) is 30.4 Å². The summed E-state index contributed by atoms with van der Waals surface area (Å²) in [4.78, 5) is 0. The first kappa shape index (κ1) is 11.0. The number of benzene rings is 1. The smallest absolute Gasteiger partial charge is 0.378 e. The van der Waals surface area contributed by atoms with Crippen molar-refractivity contribution >= 4 is 17.7 Å². The van der Waals surface area contributed by atoms with Crippen LogP contribution in [0, 0.1) is 0 Å². The topological polar surface area (TPSA) is 12.0 Å². The van der Waals surface area contributed by atoms with Crippen LogP contribution in [0.4, 0.5) is 13.2 Å². The Labute approximate surface area is 84.9 Å². The number of rotatable bonds is 3. The minimum absolute atomic E-state index is 0.0964. The number of hydrogen-bond donors (Lipinski definition) is 1. The van der Waals surface area contributed by atoms with E-state index in [1.54, 1.807) is 6.07 Å². The van der Waals surface area contributed by atoms with Gasteiger partial charge in [0.2, 0.25) is 0 Å². The molecule has 1 rings (SSSR count). The van der Waals surface area contributed by atoms with Gasteiger partial charge in [0.15, 0.2) is 0 Å². The molecule has 14 heavy (non-hydrogen) atoms. The maximum absolute atomic E-state index is 12.4. The Morgan fingerprint density at radius 3 is 2.50 bits per heavy atom. The lowest BCUT2D eigenvalue weighted by atomic mass is 10.1. The molecule has 1 N–H and O–H groups in total. The molecule has 1 aromatic rings. The summed E-state index contributed by atoms with van der Waals surface area (Å²) in [5.41, 5.74) is 0.776. The van der Waals surface area contributed by atoms with Gasteiger partial charge in [0.05, 0.1) is 11.1 Å². The van der Waals surface area contributed by atoms with Crippen LogP contribution >= 0.6 is 12.2 Å². The Morgan fingerprint density at radius 2 is 1.93 bits per heavy atom. The van der Waals surface area contributed by atoms with Gasteiger partial charge in [0, 0.05) is 6.54 Å². The molecule has 0 bridgehead atoms. The minimum atomic E-state index is -4.31. The molecule has 5 heteroatoms.